The Labute approximate surface area is 190 Å². The first-order valence-corrected chi connectivity index (χ1v) is 11.2. The summed E-state index contributed by atoms with van der Waals surface area (Å²) in [5, 5.41) is 12.6. The molecule has 7 nitrogen and oxygen atoms in total. The topological polar surface area (TPSA) is 82.1 Å². The van der Waals surface area contributed by atoms with Gasteiger partial charge in [0.05, 0.1) is 20.3 Å². The fourth-order valence-corrected chi connectivity index (χ4v) is 3.97. The maximum atomic E-state index is 12.9. The lowest BCUT2D eigenvalue weighted by atomic mass is 10.0. The maximum Gasteiger partial charge on any atom is 0.322 e. The number of ether oxygens (including phenoxy) is 1. The summed E-state index contributed by atoms with van der Waals surface area (Å²) in [4.78, 5) is 28.2. The molecule has 7 heteroatoms. The van der Waals surface area contributed by atoms with Crippen molar-refractivity contribution in [2.75, 3.05) is 38.3 Å². The average molecular weight is 440 g/mol. The van der Waals surface area contributed by atoms with E-state index in [4.69, 9.17) is 0 Å². The monoisotopic (exact) mass is 439 g/mol. The van der Waals surface area contributed by atoms with Gasteiger partial charge in [0, 0.05) is 37.8 Å². The minimum Gasteiger partial charge on any atom is -0.469 e. The Morgan fingerprint density at radius 1 is 1.06 bits per heavy atom. The van der Waals surface area contributed by atoms with Crippen molar-refractivity contribution in [2.24, 2.45) is 0 Å². The number of nitrogens with zero attached hydrogens (tertiary/aromatic N) is 2. The summed E-state index contributed by atoms with van der Waals surface area (Å²) in [6.07, 6.45) is 2.70. The van der Waals surface area contributed by atoms with Gasteiger partial charge in [-0.15, -0.1) is 0 Å². The molecule has 2 aromatic carbocycles. The Morgan fingerprint density at radius 3 is 2.38 bits per heavy atom. The molecule has 32 heavy (non-hydrogen) atoms. The second-order valence-electron chi connectivity index (χ2n) is 8.10. The summed E-state index contributed by atoms with van der Waals surface area (Å²) >= 11 is 0. The first-order chi connectivity index (χ1) is 15.6. The molecule has 3 rings (SSSR count). The molecule has 1 aliphatic heterocycles. The summed E-state index contributed by atoms with van der Waals surface area (Å²) in [7, 11) is 1.38. The van der Waals surface area contributed by atoms with Gasteiger partial charge >= 0.3 is 12.0 Å². The number of urea groups is 1. The van der Waals surface area contributed by atoms with Crippen molar-refractivity contribution in [2.45, 2.75) is 38.3 Å². The molecule has 0 aliphatic carbocycles. The third-order valence-corrected chi connectivity index (χ3v) is 5.83. The molecule has 0 aromatic heterocycles. The highest BCUT2D eigenvalue weighted by Gasteiger charge is 2.23. The van der Waals surface area contributed by atoms with Crippen molar-refractivity contribution in [3.05, 3.63) is 65.7 Å². The second-order valence-corrected chi connectivity index (χ2v) is 8.10. The molecule has 1 aliphatic rings. The summed E-state index contributed by atoms with van der Waals surface area (Å²) < 4.78 is 4.67. The number of esters is 1. The van der Waals surface area contributed by atoms with Gasteiger partial charge < -0.3 is 15.2 Å². The number of hydrogen-bond acceptors (Lipinski definition) is 5. The van der Waals surface area contributed by atoms with Crippen LogP contribution < -0.4 is 10.2 Å². The lowest BCUT2D eigenvalue weighted by Gasteiger charge is -2.33. The Bertz CT molecular complexity index is 849. The van der Waals surface area contributed by atoms with Crippen molar-refractivity contribution in [1.82, 2.24) is 10.2 Å². The number of hydrogen-bond donors (Lipinski definition) is 2. The van der Waals surface area contributed by atoms with Gasteiger partial charge in [0.1, 0.15) is 0 Å². The van der Waals surface area contributed by atoms with Gasteiger partial charge in [0.2, 0.25) is 0 Å². The molecule has 0 unspecified atom stereocenters. The predicted molar refractivity (Wildman–Crippen MR) is 124 cm³/mol. The Morgan fingerprint density at radius 2 is 1.75 bits per heavy atom. The van der Waals surface area contributed by atoms with Crippen molar-refractivity contribution >= 4 is 17.7 Å². The molecule has 2 aromatic rings. The van der Waals surface area contributed by atoms with Gasteiger partial charge in [-0.05, 0) is 42.5 Å². The van der Waals surface area contributed by atoms with Gasteiger partial charge in [0.15, 0.2) is 0 Å². The van der Waals surface area contributed by atoms with Crippen LogP contribution in [0.25, 0.3) is 0 Å². The number of aliphatic hydroxyl groups excluding tert-OH is 1. The largest absolute Gasteiger partial charge is 0.469 e. The molecule has 0 bridgehead atoms. The molecule has 1 saturated heterocycles. The molecule has 2 N–H and O–H groups in total. The first-order valence-electron chi connectivity index (χ1n) is 11.2. The summed E-state index contributed by atoms with van der Waals surface area (Å²) in [5.41, 5.74) is 3.02. The predicted octanol–water partition coefficient (Wildman–Crippen LogP) is 2.97. The lowest BCUT2D eigenvalue weighted by Crippen LogP contribution is -2.50. The highest BCUT2D eigenvalue weighted by molar-refractivity contribution is 5.92. The first kappa shape index (κ1) is 23.8. The number of anilines is 1. The Hall–Kier alpha value is -2.90. The number of carbonyl (C=O) groups is 2. The molecular formula is C25H33N3O4. The third kappa shape index (κ3) is 7.07. The number of carbonyl (C=O) groups excluding carboxylic acids is 2. The van der Waals surface area contributed by atoms with Crippen molar-refractivity contribution < 1.29 is 19.4 Å². The van der Waals surface area contributed by atoms with E-state index in [0.29, 0.717) is 12.8 Å². The van der Waals surface area contributed by atoms with Crippen molar-refractivity contribution in [1.29, 1.82) is 0 Å². The van der Waals surface area contributed by atoms with E-state index in [1.54, 1.807) is 4.90 Å². The molecule has 2 amide bonds. The van der Waals surface area contributed by atoms with Crippen LogP contribution in [0.15, 0.2) is 54.6 Å². The van der Waals surface area contributed by atoms with E-state index in [0.717, 1.165) is 43.7 Å². The van der Waals surface area contributed by atoms with E-state index in [-0.39, 0.29) is 31.2 Å². The molecule has 0 spiro atoms. The zero-order valence-electron chi connectivity index (χ0n) is 18.7. The number of methoxy groups -OCH3 is 1. The number of nitrogens with one attached hydrogen (secondary N) is 1. The van der Waals surface area contributed by atoms with Crippen molar-refractivity contribution in [3.8, 4) is 0 Å². The van der Waals surface area contributed by atoms with Crippen LogP contribution in [-0.2, 0) is 22.5 Å². The van der Waals surface area contributed by atoms with Crippen LogP contribution in [0.5, 0.6) is 0 Å². The summed E-state index contributed by atoms with van der Waals surface area (Å²) in [5.74, 6) is -0.245. The van der Waals surface area contributed by atoms with Crippen LogP contribution in [0.4, 0.5) is 10.5 Å². The fourth-order valence-electron chi connectivity index (χ4n) is 3.97. The summed E-state index contributed by atoms with van der Waals surface area (Å²) in [6, 6.07) is 17.9. The van der Waals surface area contributed by atoms with Crippen LogP contribution >= 0.6 is 0 Å². The average Bonchev–Trinajstić information content (AvgIpc) is 2.83. The van der Waals surface area contributed by atoms with Crippen LogP contribution in [0, 0.1) is 0 Å². The van der Waals surface area contributed by atoms with Gasteiger partial charge in [-0.1, -0.05) is 42.5 Å². The van der Waals surface area contributed by atoms with E-state index >= 15 is 0 Å². The standard InChI is InChI=1S/C25H33N3O4/c1-32-24(30)12-9-20-7-10-23(11-8-20)28(17-18-29)25(31)26-22-13-15-27(16-14-22)19-21-5-3-2-4-6-21/h2-8,10-11,22,29H,9,12-19H2,1H3,(H,26,31). The van der Waals surface area contributed by atoms with E-state index in [2.05, 4.69) is 39.2 Å². The quantitative estimate of drug-likeness (QED) is 0.587. The van der Waals surface area contributed by atoms with Crippen LogP contribution in [-0.4, -0.2) is 61.4 Å². The number of aryl methyl sites for hydroxylation is 1. The number of amides is 2. The van der Waals surface area contributed by atoms with Gasteiger partial charge in [0.25, 0.3) is 0 Å². The third-order valence-electron chi connectivity index (χ3n) is 5.83. The highest BCUT2D eigenvalue weighted by atomic mass is 16.5. The molecule has 0 saturated carbocycles. The molecular weight excluding hydrogens is 406 g/mol. The number of aliphatic hydroxyl groups is 1. The number of benzene rings is 2. The number of likely N-dealkylation sites (tertiary alicyclic amines) is 1. The minimum atomic E-state index is -0.245. The summed E-state index contributed by atoms with van der Waals surface area (Å²) in [6.45, 7) is 2.91. The SMILES string of the molecule is COC(=O)CCc1ccc(N(CCO)C(=O)NC2CCN(Cc3ccccc3)CC2)cc1. The van der Waals surface area contributed by atoms with Gasteiger partial charge in [-0.25, -0.2) is 4.79 Å². The van der Waals surface area contributed by atoms with Gasteiger partial charge in [-0.2, -0.15) is 0 Å². The van der Waals surface area contributed by atoms with E-state index in [1.807, 2.05) is 30.3 Å². The maximum absolute atomic E-state index is 12.9. The van der Waals surface area contributed by atoms with Crippen LogP contribution in [0.3, 0.4) is 0 Å². The normalized spacial score (nSPS) is 14.7. The van der Waals surface area contributed by atoms with E-state index < -0.39 is 0 Å². The Kier molecular flexibility index (Phi) is 9.07. The Balaban J connectivity index is 1.51. The number of rotatable bonds is 9. The zero-order valence-corrected chi connectivity index (χ0v) is 18.7. The van der Waals surface area contributed by atoms with E-state index in [9.17, 15) is 14.7 Å². The van der Waals surface area contributed by atoms with Crippen LogP contribution in [0.1, 0.15) is 30.4 Å². The van der Waals surface area contributed by atoms with Crippen molar-refractivity contribution in [3.63, 3.8) is 0 Å². The van der Waals surface area contributed by atoms with Crippen LogP contribution in [0.2, 0.25) is 0 Å². The second kappa shape index (κ2) is 12.2. The minimum absolute atomic E-state index is 0.118. The lowest BCUT2D eigenvalue weighted by molar-refractivity contribution is -0.140. The van der Waals surface area contributed by atoms with E-state index in [1.165, 1.54) is 12.7 Å². The molecule has 172 valence electrons. The number of piperidine rings is 1. The fraction of sp³-hybridized carbons (Fsp3) is 0.440. The molecule has 1 fully saturated rings. The van der Waals surface area contributed by atoms with Gasteiger partial charge in [-0.3, -0.25) is 14.6 Å². The highest BCUT2D eigenvalue weighted by Crippen LogP contribution is 2.18. The molecule has 0 radical (unpaired) electrons. The smallest absolute Gasteiger partial charge is 0.322 e. The molecule has 0 atom stereocenters. The zero-order chi connectivity index (χ0) is 22.8. The molecule has 1 heterocycles.